The van der Waals surface area contributed by atoms with Crippen molar-refractivity contribution in [1.82, 2.24) is 0 Å². The van der Waals surface area contributed by atoms with Crippen molar-refractivity contribution < 1.29 is 0 Å². The van der Waals surface area contributed by atoms with Gasteiger partial charge in [0.05, 0.1) is 0 Å². The van der Waals surface area contributed by atoms with Crippen LogP contribution in [0.25, 0.3) is 0 Å². The molecule has 0 spiro atoms. The van der Waals surface area contributed by atoms with Crippen LogP contribution >= 0.6 is 11.8 Å². The number of fused-ring (bicyclic) bond motifs is 3. The molecule has 0 aromatic heterocycles. The first-order valence-electron chi connectivity index (χ1n) is 5.46. The minimum Gasteiger partial charge on any atom is -0.361 e. The Kier molecular flexibility index (Phi) is 2.68. The van der Waals surface area contributed by atoms with Crippen LogP contribution in [0.1, 0.15) is 11.6 Å². The molecule has 2 aliphatic heterocycles. The molecule has 3 rings (SSSR count). The molecule has 2 atom stereocenters. The van der Waals surface area contributed by atoms with Crippen molar-refractivity contribution in [3.8, 4) is 0 Å². The van der Waals surface area contributed by atoms with Crippen molar-refractivity contribution in [1.29, 1.82) is 0 Å². The van der Waals surface area contributed by atoms with Crippen LogP contribution in [0.2, 0.25) is 0 Å². The number of hydrogen-bond acceptors (Lipinski definition) is 5. The topological polar surface area (TPSA) is 49.1 Å². The van der Waals surface area contributed by atoms with E-state index < -0.39 is 0 Å². The zero-order valence-electron chi connectivity index (χ0n) is 9.21. The minimum atomic E-state index is -0.00258. The largest absolute Gasteiger partial charge is 0.361 e. The van der Waals surface area contributed by atoms with Gasteiger partial charge < -0.3 is 5.32 Å². The van der Waals surface area contributed by atoms with E-state index in [0.29, 0.717) is 0 Å². The number of benzene rings is 1. The summed E-state index contributed by atoms with van der Waals surface area (Å²) in [7, 11) is 0. The van der Waals surface area contributed by atoms with E-state index in [0.717, 1.165) is 16.6 Å². The van der Waals surface area contributed by atoms with E-state index in [1.54, 1.807) is 11.8 Å². The van der Waals surface area contributed by atoms with Crippen LogP contribution in [0.5, 0.6) is 0 Å². The van der Waals surface area contributed by atoms with Crippen LogP contribution in [0, 0.1) is 0 Å². The molecule has 2 heterocycles. The van der Waals surface area contributed by atoms with E-state index in [-0.39, 0.29) is 12.2 Å². The average Bonchev–Trinajstić information content (AvgIpc) is 2.74. The summed E-state index contributed by atoms with van der Waals surface area (Å²) in [6.45, 7) is 3.68. The molecule has 0 amide bonds. The second kappa shape index (κ2) is 4.33. The standard InChI is InChI=1S/C12H12N4S/c1-2-7-17-12-14-11-10(15-16-12)8-5-3-4-6-9(8)13-11/h2-6,10-11,13H,1,7H2/t10-,11-/m1/s1. The van der Waals surface area contributed by atoms with E-state index >= 15 is 0 Å². The van der Waals surface area contributed by atoms with E-state index in [2.05, 4.69) is 39.2 Å². The summed E-state index contributed by atoms with van der Waals surface area (Å²) in [5.74, 6) is 0.808. The Balaban J connectivity index is 1.84. The van der Waals surface area contributed by atoms with Crippen molar-refractivity contribution in [2.75, 3.05) is 11.1 Å². The molecule has 0 bridgehead atoms. The third-order valence-corrected chi connectivity index (χ3v) is 3.58. The number of aliphatic imine (C=N–C) groups is 1. The van der Waals surface area contributed by atoms with E-state index in [9.17, 15) is 0 Å². The van der Waals surface area contributed by atoms with Crippen LogP contribution < -0.4 is 5.32 Å². The Bertz CT molecular complexity index is 509. The second-order valence-electron chi connectivity index (χ2n) is 3.85. The summed E-state index contributed by atoms with van der Waals surface area (Å²) >= 11 is 1.56. The third kappa shape index (κ3) is 1.86. The molecule has 0 fully saturated rings. The lowest BCUT2D eigenvalue weighted by Crippen LogP contribution is -2.20. The summed E-state index contributed by atoms with van der Waals surface area (Å²) < 4.78 is 0. The maximum Gasteiger partial charge on any atom is 0.206 e. The van der Waals surface area contributed by atoms with Gasteiger partial charge in [-0.2, -0.15) is 5.11 Å². The zero-order valence-corrected chi connectivity index (χ0v) is 10.0. The number of amidine groups is 1. The quantitative estimate of drug-likeness (QED) is 0.812. The van der Waals surface area contributed by atoms with Gasteiger partial charge in [0.1, 0.15) is 6.04 Å². The van der Waals surface area contributed by atoms with E-state index in [1.807, 2.05) is 18.2 Å². The van der Waals surface area contributed by atoms with Crippen LogP contribution in [0.3, 0.4) is 0 Å². The summed E-state index contributed by atoms with van der Waals surface area (Å²) in [6, 6.07) is 8.18. The maximum absolute atomic E-state index is 4.56. The second-order valence-corrected chi connectivity index (χ2v) is 4.84. The lowest BCUT2D eigenvalue weighted by atomic mass is 10.1. The number of azo groups is 1. The molecule has 0 unspecified atom stereocenters. The third-order valence-electron chi connectivity index (χ3n) is 2.73. The molecule has 0 radical (unpaired) electrons. The molecule has 0 saturated heterocycles. The molecule has 17 heavy (non-hydrogen) atoms. The molecule has 0 aliphatic carbocycles. The molecule has 2 aliphatic rings. The number of thioether (sulfide) groups is 1. The van der Waals surface area contributed by atoms with Gasteiger partial charge in [-0.3, -0.25) is 0 Å². The lowest BCUT2D eigenvalue weighted by Gasteiger charge is -2.16. The van der Waals surface area contributed by atoms with Crippen molar-refractivity contribution in [2.45, 2.75) is 12.2 Å². The molecule has 86 valence electrons. The van der Waals surface area contributed by atoms with Gasteiger partial charge in [0.25, 0.3) is 0 Å². The van der Waals surface area contributed by atoms with Crippen molar-refractivity contribution in [2.24, 2.45) is 15.2 Å². The molecule has 4 nitrogen and oxygen atoms in total. The van der Waals surface area contributed by atoms with Crippen LogP contribution in [-0.2, 0) is 0 Å². The average molecular weight is 244 g/mol. The fraction of sp³-hybridized carbons (Fsp3) is 0.250. The molecular formula is C12H12N4S. The summed E-state index contributed by atoms with van der Waals surface area (Å²) in [5, 5.41) is 12.6. The summed E-state index contributed by atoms with van der Waals surface area (Å²) in [6.07, 6.45) is 1.84. The lowest BCUT2D eigenvalue weighted by molar-refractivity contribution is 0.600. The van der Waals surface area contributed by atoms with E-state index in [1.165, 1.54) is 5.56 Å². The highest BCUT2D eigenvalue weighted by Crippen LogP contribution is 2.39. The normalized spacial score (nSPS) is 24.6. The first kappa shape index (κ1) is 10.5. The van der Waals surface area contributed by atoms with Crippen LogP contribution in [0.15, 0.2) is 52.1 Å². The Hall–Kier alpha value is -1.62. The SMILES string of the molecule is C=CCSC1=N[C@H]2Nc3ccccc3[C@H]2N=N1. The number of nitrogens with zero attached hydrogens (tertiary/aromatic N) is 3. The predicted octanol–water partition coefficient (Wildman–Crippen LogP) is 3.22. The van der Waals surface area contributed by atoms with Gasteiger partial charge in [0.15, 0.2) is 6.17 Å². The van der Waals surface area contributed by atoms with Gasteiger partial charge in [-0.05, 0) is 6.07 Å². The van der Waals surface area contributed by atoms with Crippen molar-refractivity contribution in [3.05, 3.63) is 42.5 Å². The molecule has 1 aromatic rings. The predicted molar refractivity (Wildman–Crippen MR) is 71.5 cm³/mol. The fourth-order valence-electron chi connectivity index (χ4n) is 1.98. The molecule has 0 saturated carbocycles. The van der Waals surface area contributed by atoms with Gasteiger partial charge >= 0.3 is 0 Å². The molecule has 5 heteroatoms. The van der Waals surface area contributed by atoms with Gasteiger partial charge in [-0.1, -0.05) is 36.0 Å². The maximum atomic E-state index is 4.56. The first-order chi connectivity index (χ1) is 8.38. The Labute approximate surface area is 104 Å². The number of nitrogens with one attached hydrogen (secondary N) is 1. The monoisotopic (exact) mass is 244 g/mol. The summed E-state index contributed by atoms with van der Waals surface area (Å²) in [5.41, 5.74) is 2.29. The molecule has 1 N–H and O–H groups in total. The van der Waals surface area contributed by atoms with Gasteiger partial charge in [0.2, 0.25) is 5.17 Å². The highest BCUT2D eigenvalue weighted by molar-refractivity contribution is 8.14. The number of hydrogen-bond donors (Lipinski definition) is 1. The smallest absolute Gasteiger partial charge is 0.206 e. The highest BCUT2D eigenvalue weighted by Gasteiger charge is 2.34. The number of para-hydroxylation sites is 1. The van der Waals surface area contributed by atoms with Gasteiger partial charge in [-0.25, -0.2) is 4.99 Å². The van der Waals surface area contributed by atoms with Crippen LogP contribution in [-0.4, -0.2) is 17.1 Å². The zero-order chi connectivity index (χ0) is 11.7. The molecular weight excluding hydrogens is 232 g/mol. The Morgan fingerprint density at radius 3 is 3.18 bits per heavy atom. The van der Waals surface area contributed by atoms with Crippen molar-refractivity contribution in [3.63, 3.8) is 0 Å². The van der Waals surface area contributed by atoms with Crippen LogP contribution in [0.4, 0.5) is 5.69 Å². The minimum absolute atomic E-state index is 0.00258. The number of rotatable bonds is 2. The Morgan fingerprint density at radius 2 is 2.29 bits per heavy atom. The van der Waals surface area contributed by atoms with Gasteiger partial charge in [0, 0.05) is 17.0 Å². The summed E-state index contributed by atoms with van der Waals surface area (Å²) in [4.78, 5) is 4.56. The highest BCUT2D eigenvalue weighted by atomic mass is 32.2. The van der Waals surface area contributed by atoms with Gasteiger partial charge in [-0.15, -0.1) is 11.7 Å². The fourth-order valence-corrected chi connectivity index (χ4v) is 2.54. The van der Waals surface area contributed by atoms with Crippen molar-refractivity contribution >= 4 is 22.6 Å². The first-order valence-corrected chi connectivity index (χ1v) is 6.45. The Morgan fingerprint density at radius 1 is 1.41 bits per heavy atom. The van der Waals surface area contributed by atoms with E-state index in [4.69, 9.17) is 0 Å². The number of anilines is 1. The molecule has 1 aromatic carbocycles.